The number of hydrogen-bond donors (Lipinski definition) is 2. The van der Waals surface area contributed by atoms with Gasteiger partial charge in [-0.1, -0.05) is 0 Å². The molecule has 19 heavy (non-hydrogen) atoms. The van der Waals surface area contributed by atoms with Crippen molar-refractivity contribution in [1.29, 1.82) is 0 Å². The Balaban J connectivity index is 2.12. The van der Waals surface area contributed by atoms with Gasteiger partial charge < -0.3 is 10.1 Å². The lowest BCUT2D eigenvalue weighted by Crippen LogP contribution is -1.97. The molecule has 0 atom stereocenters. The number of aromatic amines is 1. The molecule has 0 aliphatic rings. The molecular formula is C13H12F2N2O2. The minimum absolute atomic E-state index is 0.0460. The Morgan fingerprint density at radius 1 is 1.37 bits per heavy atom. The third-order valence-electron chi connectivity index (χ3n) is 2.65. The Hall–Kier alpha value is -2.24. The number of aliphatic carboxylic acids is 1. The number of nitrogens with one attached hydrogen (secondary N) is 1. The van der Waals surface area contributed by atoms with Crippen molar-refractivity contribution in [2.24, 2.45) is 0 Å². The van der Waals surface area contributed by atoms with E-state index in [0.717, 1.165) is 18.2 Å². The number of carboxylic acid groups (broad SMARTS) is 1. The summed E-state index contributed by atoms with van der Waals surface area (Å²) in [6, 6.07) is 3.18. The summed E-state index contributed by atoms with van der Waals surface area (Å²) in [5, 5.41) is 8.52. The van der Waals surface area contributed by atoms with E-state index in [1.807, 2.05) is 0 Å². The van der Waals surface area contributed by atoms with Crippen molar-refractivity contribution in [2.75, 3.05) is 0 Å². The molecule has 4 nitrogen and oxygen atoms in total. The standard InChI is InChI=1S/C13H12F2N2O2/c14-8-4-5-10(15)9(6-8)11-7-16-12(17-11)2-1-3-13(18)19/h4-7H,1-3H2,(H,16,17)(H,18,19). The summed E-state index contributed by atoms with van der Waals surface area (Å²) in [7, 11) is 0. The summed E-state index contributed by atoms with van der Waals surface area (Å²) in [4.78, 5) is 17.3. The zero-order valence-corrected chi connectivity index (χ0v) is 9.99. The van der Waals surface area contributed by atoms with Gasteiger partial charge in [-0.05, 0) is 24.6 Å². The fourth-order valence-electron chi connectivity index (χ4n) is 1.74. The van der Waals surface area contributed by atoms with Crippen molar-refractivity contribution in [3.05, 3.63) is 41.9 Å². The van der Waals surface area contributed by atoms with E-state index in [9.17, 15) is 13.6 Å². The molecule has 0 aliphatic carbocycles. The third kappa shape index (κ3) is 3.37. The van der Waals surface area contributed by atoms with Crippen LogP contribution in [0.2, 0.25) is 0 Å². The van der Waals surface area contributed by atoms with E-state index in [0.29, 0.717) is 24.4 Å². The molecule has 6 heteroatoms. The molecule has 0 unspecified atom stereocenters. The first-order valence-electron chi connectivity index (χ1n) is 5.77. The molecule has 0 amide bonds. The Kier molecular flexibility index (Phi) is 3.89. The fraction of sp³-hybridized carbons (Fsp3) is 0.231. The van der Waals surface area contributed by atoms with Crippen LogP contribution in [0, 0.1) is 11.6 Å². The van der Waals surface area contributed by atoms with E-state index in [2.05, 4.69) is 9.97 Å². The Morgan fingerprint density at radius 3 is 2.89 bits per heavy atom. The van der Waals surface area contributed by atoms with Crippen molar-refractivity contribution in [3.8, 4) is 11.3 Å². The van der Waals surface area contributed by atoms with Crippen LogP contribution >= 0.6 is 0 Å². The fourth-order valence-corrected chi connectivity index (χ4v) is 1.74. The zero-order chi connectivity index (χ0) is 13.8. The lowest BCUT2D eigenvalue weighted by Gasteiger charge is -2.00. The molecule has 0 fully saturated rings. The predicted octanol–water partition coefficient (Wildman–Crippen LogP) is 2.76. The molecule has 0 aliphatic heterocycles. The van der Waals surface area contributed by atoms with Gasteiger partial charge in [0.15, 0.2) is 0 Å². The van der Waals surface area contributed by atoms with Crippen LogP contribution in [0.5, 0.6) is 0 Å². The third-order valence-corrected chi connectivity index (χ3v) is 2.65. The van der Waals surface area contributed by atoms with Gasteiger partial charge in [0, 0.05) is 18.4 Å². The highest BCUT2D eigenvalue weighted by molar-refractivity contribution is 5.66. The number of carboxylic acids is 1. The second-order valence-electron chi connectivity index (χ2n) is 4.12. The largest absolute Gasteiger partial charge is 0.481 e. The molecule has 0 saturated heterocycles. The molecule has 2 rings (SSSR count). The van der Waals surface area contributed by atoms with Gasteiger partial charge in [0.2, 0.25) is 0 Å². The normalized spacial score (nSPS) is 10.6. The summed E-state index contributed by atoms with van der Waals surface area (Å²) in [6.45, 7) is 0. The van der Waals surface area contributed by atoms with Crippen molar-refractivity contribution in [3.63, 3.8) is 0 Å². The van der Waals surface area contributed by atoms with Gasteiger partial charge in [-0.15, -0.1) is 0 Å². The van der Waals surface area contributed by atoms with Gasteiger partial charge in [0.25, 0.3) is 0 Å². The first kappa shape index (κ1) is 13.2. The second kappa shape index (κ2) is 5.60. The van der Waals surface area contributed by atoms with E-state index in [4.69, 9.17) is 5.11 Å². The topological polar surface area (TPSA) is 66.0 Å². The maximum absolute atomic E-state index is 13.5. The number of rotatable bonds is 5. The number of benzene rings is 1. The minimum atomic E-state index is -0.872. The maximum Gasteiger partial charge on any atom is 0.303 e. The maximum atomic E-state index is 13.5. The van der Waals surface area contributed by atoms with Crippen LogP contribution in [0.15, 0.2) is 24.4 Å². The van der Waals surface area contributed by atoms with Crippen LogP contribution in [0.3, 0.4) is 0 Å². The molecule has 1 aromatic heterocycles. The molecule has 0 radical (unpaired) electrons. The highest BCUT2D eigenvalue weighted by Gasteiger charge is 2.10. The molecule has 2 aromatic rings. The molecular weight excluding hydrogens is 254 g/mol. The number of aromatic nitrogens is 2. The summed E-state index contributed by atoms with van der Waals surface area (Å²) in [5.74, 6) is -1.39. The number of aryl methyl sites for hydroxylation is 1. The summed E-state index contributed by atoms with van der Waals surface area (Å²) in [6.07, 6.45) is 2.34. The SMILES string of the molecule is O=C(O)CCCc1ncc(-c2cc(F)ccc2F)[nH]1. The van der Waals surface area contributed by atoms with Crippen molar-refractivity contribution in [2.45, 2.75) is 19.3 Å². The highest BCUT2D eigenvalue weighted by Crippen LogP contribution is 2.22. The number of halogens is 2. The average Bonchev–Trinajstić information content (AvgIpc) is 2.80. The molecule has 0 spiro atoms. The minimum Gasteiger partial charge on any atom is -0.481 e. The Bertz CT molecular complexity index is 596. The average molecular weight is 266 g/mol. The van der Waals surface area contributed by atoms with E-state index < -0.39 is 17.6 Å². The molecule has 100 valence electrons. The van der Waals surface area contributed by atoms with E-state index in [1.165, 1.54) is 6.20 Å². The van der Waals surface area contributed by atoms with Gasteiger partial charge >= 0.3 is 5.97 Å². The van der Waals surface area contributed by atoms with Crippen LogP contribution in [-0.2, 0) is 11.2 Å². The first-order chi connectivity index (χ1) is 9.06. The van der Waals surface area contributed by atoms with Gasteiger partial charge in [0.1, 0.15) is 17.5 Å². The van der Waals surface area contributed by atoms with E-state index in [1.54, 1.807) is 0 Å². The van der Waals surface area contributed by atoms with Crippen LogP contribution in [0.4, 0.5) is 8.78 Å². The molecule has 1 heterocycles. The molecule has 1 aromatic carbocycles. The van der Waals surface area contributed by atoms with Crippen LogP contribution in [0.1, 0.15) is 18.7 Å². The van der Waals surface area contributed by atoms with Gasteiger partial charge in [-0.3, -0.25) is 4.79 Å². The highest BCUT2D eigenvalue weighted by atomic mass is 19.1. The van der Waals surface area contributed by atoms with Crippen LogP contribution in [0.25, 0.3) is 11.3 Å². The summed E-state index contributed by atoms with van der Waals surface area (Å²) >= 11 is 0. The van der Waals surface area contributed by atoms with Crippen molar-refractivity contribution in [1.82, 2.24) is 9.97 Å². The van der Waals surface area contributed by atoms with Crippen LogP contribution < -0.4 is 0 Å². The molecule has 0 saturated carbocycles. The van der Waals surface area contributed by atoms with E-state index in [-0.39, 0.29) is 12.0 Å². The second-order valence-corrected chi connectivity index (χ2v) is 4.12. The number of hydrogen-bond acceptors (Lipinski definition) is 2. The van der Waals surface area contributed by atoms with Crippen molar-refractivity contribution < 1.29 is 18.7 Å². The first-order valence-corrected chi connectivity index (χ1v) is 5.77. The number of carbonyl (C=O) groups is 1. The number of H-pyrrole nitrogens is 1. The molecule has 2 N–H and O–H groups in total. The summed E-state index contributed by atoms with van der Waals surface area (Å²) < 4.78 is 26.6. The van der Waals surface area contributed by atoms with Crippen LogP contribution in [-0.4, -0.2) is 21.0 Å². The van der Waals surface area contributed by atoms with Crippen molar-refractivity contribution >= 4 is 5.97 Å². The smallest absolute Gasteiger partial charge is 0.303 e. The number of nitrogens with zero attached hydrogens (tertiary/aromatic N) is 1. The quantitative estimate of drug-likeness (QED) is 0.874. The Labute approximate surface area is 108 Å². The van der Waals surface area contributed by atoms with Gasteiger partial charge in [-0.2, -0.15) is 0 Å². The predicted molar refractivity (Wildman–Crippen MR) is 64.5 cm³/mol. The number of imidazole rings is 1. The van der Waals surface area contributed by atoms with E-state index >= 15 is 0 Å². The lowest BCUT2D eigenvalue weighted by molar-refractivity contribution is -0.137. The lowest BCUT2D eigenvalue weighted by atomic mass is 10.1. The van der Waals surface area contributed by atoms with Gasteiger partial charge in [-0.25, -0.2) is 13.8 Å². The Morgan fingerprint density at radius 2 is 2.16 bits per heavy atom. The van der Waals surface area contributed by atoms with Gasteiger partial charge in [0.05, 0.1) is 11.9 Å². The molecule has 0 bridgehead atoms. The monoisotopic (exact) mass is 266 g/mol. The summed E-state index contributed by atoms with van der Waals surface area (Å²) in [5.41, 5.74) is 0.485. The zero-order valence-electron chi connectivity index (χ0n) is 9.99.